The minimum Gasteiger partial charge on any atom is -0.462 e. The monoisotopic (exact) mass is 327 g/mol. The van der Waals surface area contributed by atoms with Crippen LogP contribution < -0.4 is 5.73 Å². The quantitative estimate of drug-likeness (QED) is 0.586. The molecule has 1 unspecified atom stereocenters. The highest BCUT2D eigenvalue weighted by molar-refractivity contribution is 7.90. The molecule has 0 aromatic heterocycles. The molecule has 1 aromatic rings. The highest BCUT2D eigenvalue weighted by Crippen LogP contribution is 2.20. The summed E-state index contributed by atoms with van der Waals surface area (Å²) in [6, 6.07) is 4.13. The normalized spacial score (nSPS) is 12.9. The van der Waals surface area contributed by atoms with Gasteiger partial charge in [0.25, 0.3) is 0 Å². The number of hydrogen-bond donors (Lipinski definition) is 1. The van der Waals surface area contributed by atoms with Crippen LogP contribution in [0.2, 0.25) is 0 Å². The number of ether oxygens (including phenoxy) is 1. The Kier molecular flexibility index (Phi) is 6.87. The van der Waals surface area contributed by atoms with Gasteiger partial charge in [0.05, 0.1) is 22.8 Å². The molecule has 0 aliphatic rings. The molecule has 1 atom stereocenters. The summed E-state index contributed by atoms with van der Waals surface area (Å²) >= 11 is 0. The first-order valence-electron chi connectivity index (χ1n) is 7.56. The first kappa shape index (κ1) is 18.5. The van der Waals surface area contributed by atoms with E-state index >= 15 is 0 Å². The van der Waals surface area contributed by atoms with E-state index in [9.17, 15) is 13.2 Å². The van der Waals surface area contributed by atoms with Gasteiger partial charge >= 0.3 is 5.97 Å². The molecule has 2 N–H and O–H groups in total. The minimum absolute atomic E-state index is 0.0263. The highest BCUT2D eigenvalue weighted by Gasteiger charge is 2.16. The average Bonchev–Trinajstić information content (AvgIpc) is 2.45. The standard InChI is InChI=1S/C16H25NO4S/c1-4-6-7-12(5-2)11-21-16(18)13-8-9-15(14(17)10-13)22(3,19)20/h8-10,12H,4-7,11,17H2,1-3H3. The number of esters is 1. The molecule has 0 radical (unpaired) electrons. The van der Waals surface area contributed by atoms with Gasteiger partial charge in [0.2, 0.25) is 0 Å². The van der Waals surface area contributed by atoms with Crippen molar-refractivity contribution in [2.75, 3.05) is 18.6 Å². The third-order valence-corrected chi connectivity index (χ3v) is 4.81. The Labute approximate surface area is 132 Å². The number of unbranched alkanes of at least 4 members (excludes halogenated alkanes) is 1. The Bertz CT molecular complexity index is 611. The predicted octanol–water partition coefficient (Wildman–Crippen LogP) is 3.05. The summed E-state index contributed by atoms with van der Waals surface area (Å²) in [5, 5.41) is 0. The second-order valence-electron chi connectivity index (χ2n) is 5.54. The van der Waals surface area contributed by atoms with Gasteiger partial charge in [-0.25, -0.2) is 13.2 Å². The fourth-order valence-electron chi connectivity index (χ4n) is 2.19. The molecule has 124 valence electrons. The van der Waals surface area contributed by atoms with Crippen molar-refractivity contribution in [3.05, 3.63) is 23.8 Å². The highest BCUT2D eigenvalue weighted by atomic mass is 32.2. The molecule has 0 saturated carbocycles. The minimum atomic E-state index is -3.39. The summed E-state index contributed by atoms with van der Waals surface area (Å²) in [7, 11) is -3.39. The summed E-state index contributed by atoms with van der Waals surface area (Å²) < 4.78 is 28.3. The molecule has 0 heterocycles. The average molecular weight is 327 g/mol. The molecule has 5 nitrogen and oxygen atoms in total. The Morgan fingerprint density at radius 1 is 1.32 bits per heavy atom. The smallest absolute Gasteiger partial charge is 0.338 e. The van der Waals surface area contributed by atoms with Gasteiger partial charge in [0.15, 0.2) is 9.84 Å². The number of nitrogen functional groups attached to an aromatic ring is 1. The fourth-order valence-corrected chi connectivity index (χ4v) is 2.99. The summed E-state index contributed by atoms with van der Waals surface area (Å²) in [5.74, 6) is -0.113. The van der Waals surface area contributed by atoms with Gasteiger partial charge in [-0.15, -0.1) is 0 Å². The Morgan fingerprint density at radius 2 is 2.00 bits per heavy atom. The third kappa shape index (κ3) is 5.33. The van der Waals surface area contributed by atoms with Crippen LogP contribution in [0, 0.1) is 5.92 Å². The SMILES string of the molecule is CCCCC(CC)COC(=O)c1ccc(S(C)(=O)=O)c(N)c1. The molecule has 0 bridgehead atoms. The fraction of sp³-hybridized carbons (Fsp3) is 0.562. The zero-order valence-corrected chi connectivity index (χ0v) is 14.3. The Morgan fingerprint density at radius 3 is 2.50 bits per heavy atom. The van der Waals surface area contributed by atoms with Crippen LogP contribution >= 0.6 is 0 Å². The van der Waals surface area contributed by atoms with Crippen LogP contribution in [0.1, 0.15) is 49.9 Å². The van der Waals surface area contributed by atoms with Crippen LogP contribution in [0.4, 0.5) is 5.69 Å². The summed E-state index contributed by atoms with van der Waals surface area (Å²) in [6.07, 6.45) is 5.31. The van der Waals surface area contributed by atoms with Crippen LogP contribution in [0.3, 0.4) is 0 Å². The van der Waals surface area contributed by atoms with Crippen LogP contribution in [-0.2, 0) is 14.6 Å². The summed E-state index contributed by atoms with van der Waals surface area (Å²) in [5.41, 5.74) is 6.04. The molecule has 0 aliphatic heterocycles. The van der Waals surface area contributed by atoms with E-state index in [4.69, 9.17) is 10.5 Å². The molecule has 0 aliphatic carbocycles. The van der Waals surface area contributed by atoms with E-state index in [0.717, 1.165) is 31.9 Å². The molecule has 1 aromatic carbocycles. The predicted molar refractivity (Wildman–Crippen MR) is 87.6 cm³/mol. The van der Waals surface area contributed by atoms with E-state index in [1.807, 2.05) is 0 Å². The molecule has 1 rings (SSSR count). The first-order valence-corrected chi connectivity index (χ1v) is 9.45. The van der Waals surface area contributed by atoms with E-state index in [1.54, 1.807) is 0 Å². The second kappa shape index (κ2) is 8.17. The molecular formula is C16H25NO4S. The number of carbonyl (C=O) groups is 1. The van der Waals surface area contributed by atoms with Crippen molar-refractivity contribution < 1.29 is 17.9 Å². The third-order valence-electron chi connectivity index (χ3n) is 3.64. The number of hydrogen-bond acceptors (Lipinski definition) is 5. The van der Waals surface area contributed by atoms with Gasteiger partial charge in [-0.05, 0) is 30.5 Å². The lowest BCUT2D eigenvalue weighted by Gasteiger charge is -2.15. The molecule has 0 amide bonds. The number of sulfone groups is 1. The molecule has 0 saturated heterocycles. The number of nitrogens with two attached hydrogens (primary N) is 1. The molecule has 0 spiro atoms. The maximum absolute atomic E-state index is 12.0. The van der Waals surface area contributed by atoms with Gasteiger partial charge in [-0.1, -0.05) is 33.1 Å². The Balaban J connectivity index is 2.72. The zero-order valence-electron chi connectivity index (χ0n) is 13.5. The van der Waals surface area contributed by atoms with Crippen molar-refractivity contribution in [3.8, 4) is 0 Å². The van der Waals surface area contributed by atoms with Crippen molar-refractivity contribution in [1.82, 2.24) is 0 Å². The van der Waals surface area contributed by atoms with Crippen molar-refractivity contribution in [2.45, 2.75) is 44.4 Å². The number of benzene rings is 1. The lowest BCUT2D eigenvalue weighted by molar-refractivity contribution is 0.0428. The van der Waals surface area contributed by atoms with Crippen molar-refractivity contribution in [2.24, 2.45) is 5.92 Å². The van der Waals surface area contributed by atoms with E-state index in [2.05, 4.69) is 13.8 Å². The van der Waals surface area contributed by atoms with Crippen LogP contribution in [-0.4, -0.2) is 27.2 Å². The van der Waals surface area contributed by atoms with Crippen LogP contribution in [0.25, 0.3) is 0 Å². The zero-order chi connectivity index (χ0) is 16.8. The van der Waals surface area contributed by atoms with Crippen molar-refractivity contribution >= 4 is 21.5 Å². The molecule has 6 heteroatoms. The van der Waals surface area contributed by atoms with Crippen molar-refractivity contribution in [1.29, 1.82) is 0 Å². The van der Waals surface area contributed by atoms with E-state index in [1.165, 1.54) is 18.2 Å². The van der Waals surface area contributed by atoms with Crippen LogP contribution in [0.5, 0.6) is 0 Å². The molecule has 0 fully saturated rings. The van der Waals surface area contributed by atoms with Crippen molar-refractivity contribution in [3.63, 3.8) is 0 Å². The molecular weight excluding hydrogens is 302 g/mol. The number of anilines is 1. The lowest BCUT2D eigenvalue weighted by atomic mass is 10.0. The van der Waals surface area contributed by atoms with Gasteiger partial charge in [-0.3, -0.25) is 0 Å². The van der Waals surface area contributed by atoms with Gasteiger partial charge in [0, 0.05) is 6.26 Å². The maximum atomic E-state index is 12.0. The van der Waals surface area contributed by atoms with E-state index in [0.29, 0.717) is 12.5 Å². The van der Waals surface area contributed by atoms with Gasteiger partial charge in [0.1, 0.15) is 0 Å². The van der Waals surface area contributed by atoms with E-state index < -0.39 is 15.8 Å². The summed E-state index contributed by atoms with van der Waals surface area (Å²) in [6.45, 7) is 4.58. The lowest BCUT2D eigenvalue weighted by Crippen LogP contribution is -2.14. The maximum Gasteiger partial charge on any atom is 0.338 e. The second-order valence-corrected chi connectivity index (χ2v) is 7.52. The van der Waals surface area contributed by atoms with Crippen LogP contribution in [0.15, 0.2) is 23.1 Å². The number of carbonyl (C=O) groups excluding carboxylic acids is 1. The number of rotatable bonds is 8. The summed E-state index contributed by atoms with van der Waals surface area (Å²) in [4.78, 5) is 12.1. The largest absolute Gasteiger partial charge is 0.462 e. The topological polar surface area (TPSA) is 86.5 Å². The van der Waals surface area contributed by atoms with E-state index in [-0.39, 0.29) is 16.1 Å². The Hall–Kier alpha value is -1.56. The first-order chi connectivity index (χ1) is 10.3. The van der Waals surface area contributed by atoms with Gasteiger partial charge in [-0.2, -0.15) is 0 Å². The van der Waals surface area contributed by atoms with Gasteiger partial charge < -0.3 is 10.5 Å². The molecule has 22 heavy (non-hydrogen) atoms.